The van der Waals surface area contributed by atoms with Gasteiger partial charge in [0.15, 0.2) is 0 Å². The number of hydrogen-bond acceptors (Lipinski definition) is 2. The van der Waals surface area contributed by atoms with E-state index >= 15 is 0 Å². The third-order valence-corrected chi connectivity index (χ3v) is 2.49. The summed E-state index contributed by atoms with van der Waals surface area (Å²) >= 11 is 0. The Morgan fingerprint density at radius 1 is 1.38 bits per heavy atom. The molecule has 1 aromatic rings. The van der Waals surface area contributed by atoms with Crippen molar-refractivity contribution in [1.29, 1.82) is 0 Å². The van der Waals surface area contributed by atoms with Gasteiger partial charge in [0, 0.05) is 6.54 Å². The third-order valence-electron chi connectivity index (χ3n) is 2.49. The molecular formula is C11H16N2. The summed E-state index contributed by atoms with van der Waals surface area (Å²) < 4.78 is 0. The van der Waals surface area contributed by atoms with Crippen LogP contribution in [0.4, 0.5) is 11.4 Å². The first-order chi connectivity index (χ1) is 6.42. The van der Waals surface area contributed by atoms with Crippen LogP contribution >= 0.6 is 0 Å². The van der Waals surface area contributed by atoms with E-state index in [1.165, 1.54) is 30.8 Å². The van der Waals surface area contributed by atoms with Gasteiger partial charge in [0.25, 0.3) is 0 Å². The maximum Gasteiger partial charge on any atom is 0.0877 e. The number of rotatable bonds is 3. The Bertz CT molecular complexity index is 283. The minimum atomic E-state index is 0.972. The lowest BCUT2D eigenvalue weighted by Crippen LogP contribution is -2.23. The van der Waals surface area contributed by atoms with E-state index in [-0.39, 0.29) is 0 Å². The van der Waals surface area contributed by atoms with Gasteiger partial charge in [-0.2, -0.15) is 0 Å². The molecule has 0 saturated heterocycles. The number of anilines is 2. The van der Waals surface area contributed by atoms with Crippen molar-refractivity contribution in [1.82, 2.24) is 0 Å². The molecule has 13 heavy (non-hydrogen) atoms. The first kappa shape index (κ1) is 8.42. The van der Waals surface area contributed by atoms with Gasteiger partial charge >= 0.3 is 0 Å². The van der Waals surface area contributed by atoms with Crippen LogP contribution < -0.4 is 10.2 Å². The van der Waals surface area contributed by atoms with Crippen LogP contribution in [-0.2, 0) is 0 Å². The molecule has 2 rings (SSSR count). The summed E-state index contributed by atoms with van der Waals surface area (Å²) in [6.45, 7) is 4.37. The predicted octanol–water partition coefficient (Wildman–Crippen LogP) is 2.68. The van der Waals surface area contributed by atoms with Gasteiger partial charge in [0.05, 0.1) is 18.0 Å². The van der Waals surface area contributed by atoms with E-state index in [4.69, 9.17) is 0 Å². The van der Waals surface area contributed by atoms with Crippen molar-refractivity contribution in [2.45, 2.75) is 19.8 Å². The van der Waals surface area contributed by atoms with Gasteiger partial charge in [0.1, 0.15) is 0 Å². The second kappa shape index (κ2) is 3.69. The van der Waals surface area contributed by atoms with Crippen molar-refractivity contribution < 1.29 is 0 Å². The van der Waals surface area contributed by atoms with E-state index in [0.717, 1.165) is 6.67 Å². The number of benzene rings is 1. The molecule has 0 spiro atoms. The Kier molecular flexibility index (Phi) is 2.39. The molecule has 1 aliphatic rings. The highest BCUT2D eigenvalue weighted by Gasteiger charge is 2.15. The van der Waals surface area contributed by atoms with E-state index in [0.29, 0.717) is 0 Å². The number of unbranched alkanes of at least 4 members (excludes halogenated alkanes) is 1. The van der Waals surface area contributed by atoms with E-state index in [2.05, 4.69) is 41.4 Å². The van der Waals surface area contributed by atoms with Crippen molar-refractivity contribution in [3.63, 3.8) is 0 Å². The minimum absolute atomic E-state index is 0.972. The number of nitrogens with zero attached hydrogens (tertiary/aromatic N) is 1. The van der Waals surface area contributed by atoms with Gasteiger partial charge in [-0.1, -0.05) is 25.5 Å². The molecule has 0 aromatic heterocycles. The summed E-state index contributed by atoms with van der Waals surface area (Å²) in [7, 11) is 0. The fourth-order valence-electron chi connectivity index (χ4n) is 1.71. The average Bonchev–Trinajstić information content (AvgIpc) is 2.58. The van der Waals surface area contributed by atoms with Crippen molar-refractivity contribution in [2.24, 2.45) is 0 Å². The molecule has 0 bridgehead atoms. The second-order valence-corrected chi connectivity index (χ2v) is 3.47. The Hall–Kier alpha value is -1.18. The second-order valence-electron chi connectivity index (χ2n) is 3.47. The summed E-state index contributed by atoms with van der Waals surface area (Å²) in [5.41, 5.74) is 2.63. The minimum Gasteiger partial charge on any atom is -0.366 e. The fourth-order valence-corrected chi connectivity index (χ4v) is 1.71. The first-order valence-electron chi connectivity index (χ1n) is 4.99. The molecule has 2 heteroatoms. The van der Waals surface area contributed by atoms with E-state index in [9.17, 15) is 0 Å². The zero-order valence-electron chi connectivity index (χ0n) is 8.09. The Morgan fingerprint density at radius 2 is 2.23 bits per heavy atom. The topological polar surface area (TPSA) is 15.3 Å². The van der Waals surface area contributed by atoms with Crippen molar-refractivity contribution in [2.75, 3.05) is 23.4 Å². The lowest BCUT2D eigenvalue weighted by molar-refractivity contribution is 0.749. The molecule has 1 N–H and O–H groups in total. The van der Waals surface area contributed by atoms with Crippen LogP contribution in [-0.4, -0.2) is 13.2 Å². The Balaban J connectivity index is 2.09. The molecule has 0 unspecified atom stereocenters. The van der Waals surface area contributed by atoms with Crippen LogP contribution in [0, 0.1) is 0 Å². The highest BCUT2D eigenvalue weighted by molar-refractivity contribution is 5.74. The molecule has 0 saturated carbocycles. The molecule has 70 valence electrons. The smallest absolute Gasteiger partial charge is 0.0877 e. The normalized spacial score (nSPS) is 14.1. The standard InChI is InChI=1S/C11H16N2/c1-2-3-8-13-9-12-10-6-4-5-7-11(10)13/h4-7,12H,2-3,8-9H2,1H3. The largest absolute Gasteiger partial charge is 0.366 e. The van der Waals surface area contributed by atoms with Crippen LogP contribution in [0.25, 0.3) is 0 Å². The SMILES string of the molecule is CCCCN1CNc2ccccc21. The third kappa shape index (κ3) is 1.62. The van der Waals surface area contributed by atoms with Crippen LogP contribution in [0.2, 0.25) is 0 Å². The van der Waals surface area contributed by atoms with Crippen molar-refractivity contribution >= 4 is 11.4 Å². The van der Waals surface area contributed by atoms with Gasteiger partial charge in [-0.15, -0.1) is 0 Å². The molecule has 1 aliphatic heterocycles. The van der Waals surface area contributed by atoms with Gasteiger partial charge in [-0.3, -0.25) is 0 Å². The molecule has 0 fully saturated rings. The average molecular weight is 176 g/mol. The van der Waals surface area contributed by atoms with Gasteiger partial charge in [0.2, 0.25) is 0 Å². The number of fused-ring (bicyclic) bond motifs is 1. The van der Waals surface area contributed by atoms with Gasteiger partial charge in [-0.25, -0.2) is 0 Å². The molecule has 2 nitrogen and oxygen atoms in total. The first-order valence-corrected chi connectivity index (χ1v) is 4.99. The number of hydrogen-bond donors (Lipinski definition) is 1. The predicted molar refractivity (Wildman–Crippen MR) is 57.2 cm³/mol. The monoisotopic (exact) mass is 176 g/mol. The van der Waals surface area contributed by atoms with Gasteiger partial charge < -0.3 is 10.2 Å². The lowest BCUT2D eigenvalue weighted by Gasteiger charge is -2.16. The summed E-state index contributed by atoms with van der Waals surface area (Å²) in [5.74, 6) is 0. The van der Waals surface area contributed by atoms with Crippen LogP contribution in [0.3, 0.4) is 0 Å². The van der Waals surface area contributed by atoms with E-state index in [1.54, 1.807) is 0 Å². The zero-order chi connectivity index (χ0) is 9.10. The maximum absolute atomic E-state index is 3.39. The molecule has 0 aliphatic carbocycles. The van der Waals surface area contributed by atoms with Crippen molar-refractivity contribution in [3.05, 3.63) is 24.3 Å². The van der Waals surface area contributed by atoms with E-state index in [1.807, 2.05) is 0 Å². The quantitative estimate of drug-likeness (QED) is 0.761. The molecular weight excluding hydrogens is 160 g/mol. The highest BCUT2D eigenvalue weighted by Crippen LogP contribution is 2.30. The Morgan fingerprint density at radius 3 is 3.08 bits per heavy atom. The van der Waals surface area contributed by atoms with Gasteiger partial charge in [-0.05, 0) is 18.6 Å². The molecule has 1 heterocycles. The zero-order valence-corrected chi connectivity index (χ0v) is 8.09. The highest BCUT2D eigenvalue weighted by atomic mass is 15.3. The van der Waals surface area contributed by atoms with Crippen molar-refractivity contribution in [3.8, 4) is 0 Å². The molecule has 0 amide bonds. The fraction of sp³-hybridized carbons (Fsp3) is 0.455. The van der Waals surface area contributed by atoms with Crippen LogP contribution in [0.5, 0.6) is 0 Å². The summed E-state index contributed by atoms with van der Waals surface area (Å²) in [6.07, 6.45) is 2.54. The van der Waals surface area contributed by atoms with Crippen LogP contribution in [0.1, 0.15) is 19.8 Å². The van der Waals surface area contributed by atoms with E-state index < -0.39 is 0 Å². The number of nitrogens with one attached hydrogen (secondary N) is 1. The molecule has 0 atom stereocenters. The lowest BCUT2D eigenvalue weighted by atomic mass is 10.2. The maximum atomic E-state index is 3.39. The Labute approximate surface area is 79.6 Å². The summed E-state index contributed by atoms with van der Waals surface area (Å²) in [6, 6.07) is 8.51. The summed E-state index contributed by atoms with van der Waals surface area (Å²) in [5, 5.41) is 3.39. The van der Waals surface area contributed by atoms with Crippen LogP contribution in [0.15, 0.2) is 24.3 Å². The summed E-state index contributed by atoms with van der Waals surface area (Å²) in [4.78, 5) is 2.40. The molecule has 1 aromatic carbocycles. The number of para-hydroxylation sites is 2. The molecule has 0 radical (unpaired) electrons.